The standard InChI is InChI=1S/C13H20O.C2H6/c1-4-6-12-9-8-11(3)10-14-13(12)7-5-2;1-2/h5-7,11H,2,4,8-10H2,1,3H3;1-2H3/b12-6-,13-7+;. The van der Waals surface area contributed by atoms with E-state index < -0.39 is 0 Å². The summed E-state index contributed by atoms with van der Waals surface area (Å²) < 4.78 is 5.74. The monoisotopic (exact) mass is 222 g/mol. The first-order valence-corrected chi connectivity index (χ1v) is 6.42. The Morgan fingerprint density at radius 2 is 2.12 bits per heavy atom. The average molecular weight is 222 g/mol. The maximum atomic E-state index is 5.74. The fourth-order valence-electron chi connectivity index (χ4n) is 1.64. The van der Waals surface area contributed by atoms with Crippen molar-refractivity contribution in [2.24, 2.45) is 5.92 Å². The summed E-state index contributed by atoms with van der Waals surface area (Å²) in [6.07, 6.45) is 9.46. The molecule has 0 aromatic heterocycles. The molecule has 0 saturated carbocycles. The van der Waals surface area contributed by atoms with Crippen LogP contribution < -0.4 is 0 Å². The third-order valence-corrected chi connectivity index (χ3v) is 2.47. The number of rotatable bonds is 2. The van der Waals surface area contributed by atoms with E-state index in [2.05, 4.69) is 26.5 Å². The van der Waals surface area contributed by atoms with E-state index in [1.54, 1.807) is 6.08 Å². The highest BCUT2D eigenvalue weighted by atomic mass is 16.5. The summed E-state index contributed by atoms with van der Waals surface area (Å²) in [5.41, 5.74) is 1.34. The molecule has 0 bridgehead atoms. The van der Waals surface area contributed by atoms with Gasteiger partial charge < -0.3 is 4.74 Å². The van der Waals surface area contributed by atoms with Crippen LogP contribution in [0.25, 0.3) is 0 Å². The van der Waals surface area contributed by atoms with E-state index in [9.17, 15) is 0 Å². The minimum absolute atomic E-state index is 0.658. The summed E-state index contributed by atoms with van der Waals surface area (Å²) in [7, 11) is 0. The fraction of sp³-hybridized carbons (Fsp3) is 0.600. The van der Waals surface area contributed by atoms with Crippen LogP contribution in [-0.2, 0) is 4.74 Å². The molecule has 1 aliphatic rings. The largest absolute Gasteiger partial charge is 0.493 e. The summed E-state index contributed by atoms with van der Waals surface area (Å²) in [5.74, 6) is 1.68. The van der Waals surface area contributed by atoms with Crippen molar-refractivity contribution in [1.82, 2.24) is 0 Å². The van der Waals surface area contributed by atoms with Gasteiger partial charge in [-0.15, -0.1) is 0 Å². The quantitative estimate of drug-likeness (QED) is 0.648. The molecule has 1 heteroatoms. The molecule has 92 valence electrons. The van der Waals surface area contributed by atoms with Crippen LogP contribution in [0.1, 0.15) is 47.0 Å². The first-order chi connectivity index (χ1) is 7.77. The third-order valence-electron chi connectivity index (χ3n) is 2.47. The minimum atomic E-state index is 0.658. The van der Waals surface area contributed by atoms with Crippen molar-refractivity contribution < 1.29 is 4.74 Å². The van der Waals surface area contributed by atoms with Gasteiger partial charge in [0.05, 0.1) is 6.61 Å². The predicted octanol–water partition coefficient (Wildman–Crippen LogP) is 4.87. The number of hydrogen-bond acceptors (Lipinski definition) is 1. The van der Waals surface area contributed by atoms with Crippen LogP contribution >= 0.6 is 0 Å². The second-order valence-corrected chi connectivity index (χ2v) is 3.86. The highest BCUT2D eigenvalue weighted by Gasteiger charge is 2.14. The summed E-state index contributed by atoms with van der Waals surface area (Å²) in [6.45, 7) is 12.9. The normalized spacial score (nSPS) is 25.4. The van der Waals surface area contributed by atoms with Crippen molar-refractivity contribution in [2.75, 3.05) is 6.61 Å². The molecular formula is C15H26O. The van der Waals surface area contributed by atoms with Crippen LogP contribution in [0.3, 0.4) is 0 Å². The molecule has 1 nitrogen and oxygen atoms in total. The number of allylic oxidation sites excluding steroid dienone is 4. The van der Waals surface area contributed by atoms with E-state index in [0.717, 1.165) is 25.2 Å². The van der Waals surface area contributed by atoms with Gasteiger partial charge in [-0.3, -0.25) is 0 Å². The molecule has 1 aliphatic heterocycles. The Labute approximate surface area is 101 Å². The van der Waals surface area contributed by atoms with Crippen LogP contribution in [-0.4, -0.2) is 6.61 Å². The second-order valence-electron chi connectivity index (χ2n) is 3.86. The fourth-order valence-corrected chi connectivity index (χ4v) is 1.64. The Morgan fingerprint density at radius 1 is 1.44 bits per heavy atom. The smallest absolute Gasteiger partial charge is 0.122 e. The van der Waals surface area contributed by atoms with Gasteiger partial charge in [-0.25, -0.2) is 0 Å². The maximum absolute atomic E-state index is 5.74. The van der Waals surface area contributed by atoms with Gasteiger partial charge in [0.25, 0.3) is 0 Å². The third kappa shape index (κ3) is 5.20. The molecule has 1 saturated heterocycles. The SMILES string of the molecule is C=C/C=C1/OCC(C)CC/C1=C/CC.CC. The van der Waals surface area contributed by atoms with Gasteiger partial charge in [-0.2, -0.15) is 0 Å². The lowest BCUT2D eigenvalue weighted by Gasteiger charge is -2.09. The zero-order chi connectivity index (χ0) is 12.4. The molecule has 1 unspecified atom stereocenters. The molecule has 0 aromatic carbocycles. The molecule has 0 aliphatic carbocycles. The van der Waals surface area contributed by atoms with Crippen LogP contribution in [0, 0.1) is 5.92 Å². The van der Waals surface area contributed by atoms with E-state index in [1.165, 1.54) is 12.0 Å². The first-order valence-electron chi connectivity index (χ1n) is 6.42. The molecule has 1 heterocycles. The molecule has 0 spiro atoms. The van der Waals surface area contributed by atoms with Crippen molar-refractivity contribution in [2.45, 2.75) is 47.0 Å². The Morgan fingerprint density at radius 3 is 2.69 bits per heavy atom. The lowest BCUT2D eigenvalue weighted by Crippen LogP contribution is -2.00. The van der Waals surface area contributed by atoms with Gasteiger partial charge >= 0.3 is 0 Å². The summed E-state index contributed by atoms with van der Waals surface area (Å²) >= 11 is 0. The van der Waals surface area contributed by atoms with Gasteiger partial charge in [0, 0.05) is 0 Å². The van der Waals surface area contributed by atoms with Crippen molar-refractivity contribution in [3.63, 3.8) is 0 Å². The van der Waals surface area contributed by atoms with E-state index in [1.807, 2.05) is 19.9 Å². The Bertz CT molecular complexity index is 248. The Hall–Kier alpha value is -0.980. The van der Waals surface area contributed by atoms with E-state index >= 15 is 0 Å². The molecular weight excluding hydrogens is 196 g/mol. The van der Waals surface area contributed by atoms with Gasteiger partial charge in [0.15, 0.2) is 0 Å². The number of hydrogen-bond donors (Lipinski definition) is 0. The van der Waals surface area contributed by atoms with E-state index in [-0.39, 0.29) is 0 Å². The molecule has 0 radical (unpaired) electrons. The van der Waals surface area contributed by atoms with E-state index in [0.29, 0.717) is 5.92 Å². The molecule has 0 N–H and O–H groups in total. The Kier molecular flexibility index (Phi) is 8.69. The summed E-state index contributed by atoms with van der Waals surface area (Å²) in [5, 5.41) is 0. The van der Waals surface area contributed by atoms with Crippen LogP contribution in [0.4, 0.5) is 0 Å². The lowest BCUT2D eigenvalue weighted by atomic mass is 10.0. The maximum Gasteiger partial charge on any atom is 0.122 e. The van der Waals surface area contributed by atoms with Crippen molar-refractivity contribution in [3.8, 4) is 0 Å². The van der Waals surface area contributed by atoms with Crippen LogP contribution in [0.5, 0.6) is 0 Å². The summed E-state index contributed by atoms with van der Waals surface area (Å²) in [6, 6.07) is 0. The first kappa shape index (κ1) is 15.0. The highest BCUT2D eigenvalue weighted by Crippen LogP contribution is 2.26. The van der Waals surface area contributed by atoms with Crippen molar-refractivity contribution in [3.05, 3.63) is 36.1 Å². The zero-order valence-electron chi connectivity index (χ0n) is 11.3. The minimum Gasteiger partial charge on any atom is -0.493 e. The molecule has 0 amide bonds. The second kappa shape index (κ2) is 9.26. The molecule has 0 aromatic rings. The van der Waals surface area contributed by atoms with Gasteiger partial charge in [-0.05, 0) is 36.8 Å². The molecule has 1 rings (SSSR count). The zero-order valence-corrected chi connectivity index (χ0v) is 11.3. The molecule has 16 heavy (non-hydrogen) atoms. The van der Waals surface area contributed by atoms with E-state index in [4.69, 9.17) is 4.74 Å². The van der Waals surface area contributed by atoms with Crippen LogP contribution in [0.15, 0.2) is 36.1 Å². The van der Waals surface area contributed by atoms with Crippen molar-refractivity contribution in [1.29, 1.82) is 0 Å². The molecule has 1 atom stereocenters. The molecule has 1 fully saturated rings. The lowest BCUT2D eigenvalue weighted by molar-refractivity contribution is 0.188. The van der Waals surface area contributed by atoms with Gasteiger partial charge in [-0.1, -0.05) is 46.4 Å². The van der Waals surface area contributed by atoms with Gasteiger partial charge in [0.1, 0.15) is 5.76 Å². The topological polar surface area (TPSA) is 9.23 Å². The number of ether oxygens (including phenoxy) is 1. The van der Waals surface area contributed by atoms with Crippen LogP contribution in [0.2, 0.25) is 0 Å². The highest BCUT2D eigenvalue weighted by molar-refractivity contribution is 5.29. The van der Waals surface area contributed by atoms with Gasteiger partial charge in [0.2, 0.25) is 0 Å². The summed E-state index contributed by atoms with van der Waals surface area (Å²) in [4.78, 5) is 0. The average Bonchev–Trinajstić information content (AvgIpc) is 2.48. The van der Waals surface area contributed by atoms with Crippen molar-refractivity contribution >= 4 is 0 Å². The Balaban J connectivity index is 0.00000106. The predicted molar refractivity (Wildman–Crippen MR) is 72.4 cm³/mol.